The van der Waals surface area contributed by atoms with E-state index in [4.69, 9.17) is 9.15 Å². The standard InChI is InChI=1S/C16H11F2N3O3/c17-11-5-12(18)7-13(6-11)20-15(22)8-23-14-3-1-10(2-4-14)16-21-19-9-24-16/h1-7,9H,8H2,(H,20,22). The number of hydrogen-bond acceptors (Lipinski definition) is 5. The summed E-state index contributed by atoms with van der Waals surface area (Å²) in [5, 5.41) is 9.70. The van der Waals surface area contributed by atoms with Crippen LogP contribution in [-0.2, 0) is 4.79 Å². The van der Waals surface area contributed by atoms with Gasteiger partial charge in [0.05, 0.1) is 0 Å². The lowest BCUT2D eigenvalue weighted by Gasteiger charge is -2.08. The number of amides is 1. The SMILES string of the molecule is O=C(COc1ccc(-c2nnco2)cc1)Nc1cc(F)cc(F)c1. The van der Waals surface area contributed by atoms with Gasteiger partial charge in [0.2, 0.25) is 12.3 Å². The molecule has 0 aliphatic rings. The first kappa shape index (κ1) is 15.6. The van der Waals surface area contributed by atoms with E-state index in [-0.39, 0.29) is 12.3 Å². The first-order valence-corrected chi connectivity index (χ1v) is 6.85. The van der Waals surface area contributed by atoms with Crippen LogP contribution in [0.1, 0.15) is 0 Å². The van der Waals surface area contributed by atoms with Crippen molar-refractivity contribution in [2.75, 3.05) is 11.9 Å². The van der Waals surface area contributed by atoms with Crippen LogP contribution < -0.4 is 10.1 Å². The highest BCUT2D eigenvalue weighted by Gasteiger charge is 2.08. The minimum Gasteiger partial charge on any atom is -0.484 e. The Morgan fingerprint density at radius 2 is 1.83 bits per heavy atom. The molecule has 0 saturated carbocycles. The van der Waals surface area contributed by atoms with Crippen LogP contribution in [0, 0.1) is 11.6 Å². The summed E-state index contributed by atoms with van der Waals surface area (Å²) in [6.07, 6.45) is 1.22. The van der Waals surface area contributed by atoms with Gasteiger partial charge >= 0.3 is 0 Å². The molecule has 0 radical (unpaired) electrons. The van der Waals surface area contributed by atoms with Gasteiger partial charge in [0.25, 0.3) is 5.91 Å². The Morgan fingerprint density at radius 3 is 2.46 bits per heavy atom. The molecule has 24 heavy (non-hydrogen) atoms. The smallest absolute Gasteiger partial charge is 0.262 e. The van der Waals surface area contributed by atoms with Crippen LogP contribution >= 0.6 is 0 Å². The molecule has 1 N–H and O–H groups in total. The van der Waals surface area contributed by atoms with E-state index in [0.29, 0.717) is 17.2 Å². The Hall–Kier alpha value is -3.29. The lowest BCUT2D eigenvalue weighted by Crippen LogP contribution is -2.20. The molecule has 0 aliphatic heterocycles. The fraction of sp³-hybridized carbons (Fsp3) is 0.0625. The molecule has 0 spiro atoms. The number of carbonyl (C=O) groups excluding carboxylic acids is 1. The van der Waals surface area contributed by atoms with Crippen LogP contribution in [0.25, 0.3) is 11.5 Å². The predicted octanol–water partition coefficient (Wildman–Crippen LogP) is 3.03. The molecule has 1 aromatic heterocycles. The van der Waals surface area contributed by atoms with Gasteiger partial charge in [-0.2, -0.15) is 0 Å². The highest BCUT2D eigenvalue weighted by Crippen LogP contribution is 2.20. The van der Waals surface area contributed by atoms with E-state index in [1.54, 1.807) is 24.3 Å². The van der Waals surface area contributed by atoms with Crippen molar-refractivity contribution in [3.05, 3.63) is 60.5 Å². The maximum absolute atomic E-state index is 13.0. The molecule has 3 aromatic rings. The third-order valence-corrected chi connectivity index (χ3v) is 2.98. The number of rotatable bonds is 5. The first-order chi connectivity index (χ1) is 11.6. The molecule has 0 saturated heterocycles. The predicted molar refractivity (Wildman–Crippen MR) is 80.2 cm³/mol. The van der Waals surface area contributed by atoms with Gasteiger partial charge in [-0.3, -0.25) is 4.79 Å². The minimum atomic E-state index is -0.775. The second kappa shape index (κ2) is 6.86. The number of ether oxygens (including phenoxy) is 1. The van der Waals surface area contributed by atoms with Crippen LogP contribution in [0.5, 0.6) is 5.75 Å². The Kier molecular flexibility index (Phi) is 4.46. The van der Waals surface area contributed by atoms with Crippen molar-refractivity contribution in [2.24, 2.45) is 0 Å². The fourth-order valence-electron chi connectivity index (χ4n) is 1.96. The largest absolute Gasteiger partial charge is 0.484 e. The third-order valence-electron chi connectivity index (χ3n) is 2.98. The molecule has 0 fully saturated rings. The van der Waals surface area contributed by atoms with E-state index in [2.05, 4.69) is 15.5 Å². The van der Waals surface area contributed by atoms with E-state index < -0.39 is 17.5 Å². The van der Waals surface area contributed by atoms with E-state index in [1.165, 1.54) is 6.39 Å². The molecule has 0 unspecified atom stereocenters. The van der Waals surface area contributed by atoms with Gasteiger partial charge in [0.1, 0.15) is 17.4 Å². The summed E-state index contributed by atoms with van der Waals surface area (Å²) in [4.78, 5) is 11.7. The van der Waals surface area contributed by atoms with Crippen LogP contribution in [-0.4, -0.2) is 22.7 Å². The topological polar surface area (TPSA) is 77.2 Å². The Morgan fingerprint density at radius 1 is 1.12 bits per heavy atom. The molecule has 6 nitrogen and oxygen atoms in total. The van der Waals surface area contributed by atoms with Crippen LogP contribution in [0.15, 0.2) is 53.3 Å². The normalized spacial score (nSPS) is 10.4. The second-order valence-electron chi connectivity index (χ2n) is 4.76. The quantitative estimate of drug-likeness (QED) is 0.777. The minimum absolute atomic E-state index is 0.0211. The maximum atomic E-state index is 13.0. The van der Waals surface area contributed by atoms with Crippen molar-refractivity contribution in [3.63, 3.8) is 0 Å². The van der Waals surface area contributed by atoms with E-state index in [0.717, 1.165) is 18.2 Å². The Balaban J connectivity index is 1.56. The van der Waals surface area contributed by atoms with Crippen molar-refractivity contribution in [2.45, 2.75) is 0 Å². The number of carbonyl (C=O) groups is 1. The summed E-state index contributed by atoms with van der Waals surface area (Å²) in [6.45, 7) is -0.308. The number of nitrogens with zero attached hydrogens (tertiary/aromatic N) is 2. The molecular weight excluding hydrogens is 320 g/mol. The lowest BCUT2D eigenvalue weighted by molar-refractivity contribution is -0.118. The van der Waals surface area contributed by atoms with Gasteiger partial charge in [-0.15, -0.1) is 10.2 Å². The molecule has 0 atom stereocenters. The average molecular weight is 331 g/mol. The lowest BCUT2D eigenvalue weighted by atomic mass is 10.2. The van der Waals surface area contributed by atoms with Crippen molar-refractivity contribution in [1.29, 1.82) is 0 Å². The summed E-state index contributed by atoms with van der Waals surface area (Å²) in [5.74, 6) is -1.28. The van der Waals surface area contributed by atoms with Gasteiger partial charge in [-0.05, 0) is 36.4 Å². The summed E-state index contributed by atoms with van der Waals surface area (Å²) in [7, 11) is 0. The van der Waals surface area contributed by atoms with Crippen LogP contribution in [0.3, 0.4) is 0 Å². The Labute approximate surface area is 135 Å². The van der Waals surface area contributed by atoms with Gasteiger partial charge in [-0.25, -0.2) is 8.78 Å². The number of benzene rings is 2. The van der Waals surface area contributed by atoms with Gasteiger partial charge in [-0.1, -0.05) is 0 Å². The summed E-state index contributed by atoms with van der Waals surface area (Å²) < 4.78 is 36.4. The molecule has 1 heterocycles. The molecule has 3 rings (SSSR count). The zero-order chi connectivity index (χ0) is 16.9. The second-order valence-corrected chi connectivity index (χ2v) is 4.76. The fourth-order valence-corrected chi connectivity index (χ4v) is 1.96. The van der Waals surface area contributed by atoms with E-state index >= 15 is 0 Å². The molecule has 8 heteroatoms. The van der Waals surface area contributed by atoms with Gasteiger partial charge in [0.15, 0.2) is 6.61 Å². The highest BCUT2D eigenvalue weighted by molar-refractivity contribution is 5.91. The number of anilines is 1. The Bertz CT molecular complexity index is 816. The van der Waals surface area contributed by atoms with Crippen LogP contribution in [0.2, 0.25) is 0 Å². The number of nitrogens with one attached hydrogen (secondary N) is 1. The summed E-state index contributed by atoms with van der Waals surface area (Å²) in [5.41, 5.74) is 0.729. The summed E-state index contributed by atoms with van der Waals surface area (Å²) >= 11 is 0. The van der Waals surface area contributed by atoms with E-state index in [9.17, 15) is 13.6 Å². The van der Waals surface area contributed by atoms with Crippen molar-refractivity contribution in [3.8, 4) is 17.2 Å². The zero-order valence-electron chi connectivity index (χ0n) is 12.2. The first-order valence-electron chi connectivity index (χ1n) is 6.85. The molecule has 122 valence electrons. The maximum Gasteiger partial charge on any atom is 0.262 e. The molecular formula is C16H11F2N3O3. The van der Waals surface area contributed by atoms with Crippen molar-refractivity contribution >= 4 is 11.6 Å². The van der Waals surface area contributed by atoms with Gasteiger partial charge < -0.3 is 14.5 Å². The zero-order valence-corrected chi connectivity index (χ0v) is 12.2. The molecule has 1 amide bonds. The number of hydrogen-bond donors (Lipinski definition) is 1. The van der Waals surface area contributed by atoms with E-state index in [1.807, 2.05) is 0 Å². The third kappa shape index (κ3) is 3.92. The van der Waals surface area contributed by atoms with Crippen molar-refractivity contribution < 1.29 is 22.7 Å². The summed E-state index contributed by atoms with van der Waals surface area (Å²) in [6, 6.07) is 9.41. The monoisotopic (exact) mass is 331 g/mol. The molecule has 0 aliphatic carbocycles. The van der Waals surface area contributed by atoms with Crippen LogP contribution in [0.4, 0.5) is 14.5 Å². The number of aromatic nitrogens is 2. The highest BCUT2D eigenvalue weighted by atomic mass is 19.1. The number of halogens is 2. The molecule has 2 aromatic carbocycles. The van der Waals surface area contributed by atoms with Gasteiger partial charge in [0, 0.05) is 17.3 Å². The average Bonchev–Trinajstić information content (AvgIpc) is 3.07. The van der Waals surface area contributed by atoms with Crippen molar-refractivity contribution in [1.82, 2.24) is 10.2 Å². The molecule has 0 bridgehead atoms.